The van der Waals surface area contributed by atoms with Crippen LogP contribution in [0.25, 0.3) is 0 Å². The van der Waals surface area contributed by atoms with Crippen LogP contribution in [0.4, 0.5) is 11.7 Å². The highest BCUT2D eigenvalue weighted by molar-refractivity contribution is 6.20. The van der Waals surface area contributed by atoms with Gasteiger partial charge in [0.2, 0.25) is 5.89 Å². The van der Waals surface area contributed by atoms with Crippen molar-refractivity contribution in [1.82, 2.24) is 10.2 Å². The van der Waals surface area contributed by atoms with E-state index in [1.807, 2.05) is 31.3 Å². The number of benzene rings is 1. The van der Waals surface area contributed by atoms with Gasteiger partial charge in [-0.2, -0.15) is 0 Å². The maximum atomic E-state index is 5.88. The summed E-state index contributed by atoms with van der Waals surface area (Å²) in [6, 6.07) is 7.96. The second kappa shape index (κ2) is 5.27. The summed E-state index contributed by atoms with van der Waals surface area (Å²) in [5.41, 5.74) is 0.924. The molecule has 0 amide bonds. The fraction of sp³-hybridized carbons (Fsp3) is 0.333. The Morgan fingerprint density at radius 2 is 1.94 bits per heavy atom. The summed E-state index contributed by atoms with van der Waals surface area (Å²) >= 11 is 5.88. The van der Waals surface area contributed by atoms with Gasteiger partial charge in [-0.25, -0.2) is 0 Å². The Morgan fingerprint density at radius 1 is 1.28 bits per heavy atom. The van der Waals surface area contributed by atoms with Crippen LogP contribution in [0.3, 0.4) is 0 Å². The van der Waals surface area contributed by atoms with Gasteiger partial charge in [0.1, 0.15) is 11.1 Å². The van der Waals surface area contributed by atoms with E-state index in [1.54, 1.807) is 18.9 Å². The van der Waals surface area contributed by atoms with Crippen molar-refractivity contribution in [2.75, 3.05) is 19.1 Å². The first kappa shape index (κ1) is 12.7. The van der Waals surface area contributed by atoms with Gasteiger partial charge >= 0.3 is 6.01 Å². The van der Waals surface area contributed by atoms with E-state index < -0.39 is 0 Å². The molecule has 5 nitrogen and oxygen atoms in total. The maximum absolute atomic E-state index is 5.88. The predicted molar refractivity (Wildman–Crippen MR) is 69.6 cm³/mol. The quantitative estimate of drug-likeness (QED) is 0.797. The lowest BCUT2D eigenvalue weighted by Crippen LogP contribution is -2.09. The molecule has 96 valence electrons. The summed E-state index contributed by atoms with van der Waals surface area (Å²) in [5.74, 6) is 1.21. The predicted octanol–water partition coefficient (Wildman–Crippen LogP) is 3.15. The fourth-order valence-electron chi connectivity index (χ4n) is 1.44. The molecular weight excluding hydrogens is 254 g/mol. The molecule has 1 unspecified atom stereocenters. The van der Waals surface area contributed by atoms with Crippen LogP contribution in [0.1, 0.15) is 18.2 Å². The van der Waals surface area contributed by atoms with Crippen LogP contribution in [-0.2, 0) is 0 Å². The van der Waals surface area contributed by atoms with E-state index in [1.165, 1.54) is 0 Å². The molecule has 1 atom stereocenters. The number of hydrogen-bond acceptors (Lipinski definition) is 5. The third-order valence-electron chi connectivity index (χ3n) is 2.52. The highest BCUT2D eigenvalue weighted by atomic mass is 35.5. The summed E-state index contributed by atoms with van der Waals surface area (Å²) in [5, 5.41) is 7.54. The van der Waals surface area contributed by atoms with Crippen LogP contribution in [0.2, 0.25) is 0 Å². The van der Waals surface area contributed by atoms with Gasteiger partial charge in [0.05, 0.1) is 7.11 Å². The van der Waals surface area contributed by atoms with Gasteiger partial charge in [0, 0.05) is 12.7 Å². The van der Waals surface area contributed by atoms with E-state index in [4.69, 9.17) is 20.8 Å². The van der Waals surface area contributed by atoms with Crippen LogP contribution in [0.5, 0.6) is 5.75 Å². The summed E-state index contributed by atoms with van der Waals surface area (Å²) in [6.07, 6.45) is 0. The largest absolute Gasteiger partial charge is 0.497 e. The van der Waals surface area contributed by atoms with Crippen LogP contribution >= 0.6 is 11.6 Å². The van der Waals surface area contributed by atoms with E-state index in [2.05, 4.69) is 10.2 Å². The summed E-state index contributed by atoms with van der Waals surface area (Å²) < 4.78 is 10.6. The first-order valence-electron chi connectivity index (χ1n) is 5.47. The lowest BCUT2D eigenvalue weighted by Gasteiger charge is -2.14. The van der Waals surface area contributed by atoms with Gasteiger partial charge in [0.25, 0.3) is 0 Å². The number of halogens is 1. The van der Waals surface area contributed by atoms with Gasteiger partial charge < -0.3 is 9.15 Å². The monoisotopic (exact) mass is 267 g/mol. The molecule has 0 aliphatic heterocycles. The highest BCUT2D eigenvalue weighted by Gasteiger charge is 2.15. The molecule has 0 bridgehead atoms. The zero-order valence-electron chi connectivity index (χ0n) is 10.4. The first-order chi connectivity index (χ1) is 8.61. The van der Waals surface area contributed by atoms with E-state index in [-0.39, 0.29) is 5.38 Å². The lowest BCUT2D eigenvalue weighted by molar-refractivity contribution is 0.415. The zero-order chi connectivity index (χ0) is 13.1. The molecule has 6 heteroatoms. The van der Waals surface area contributed by atoms with Crippen LogP contribution < -0.4 is 9.64 Å². The minimum Gasteiger partial charge on any atom is -0.497 e. The normalized spacial score (nSPS) is 12.2. The number of nitrogens with zero attached hydrogens (tertiary/aromatic N) is 3. The molecule has 2 aromatic rings. The molecule has 2 rings (SSSR count). The molecule has 0 spiro atoms. The average molecular weight is 268 g/mol. The Labute approximate surface area is 110 Å². The smallest absolute Gasteiger partial charge is 0.322 e. The minimum atomic E-state index is -0.296. The number of rotatable bonds is 4. The number of ether oxygens (including phenoxy) is 1. The SMILES string of the molecule is COc1ccc(N(C)c2nnc(C(C)Cl)o2)cc1. The fourth-order valence-corrected chi connectivity index (χ4v) is 1.53. The molecule has 0 N–H and O–H groups in total. The van der Waals surface area contributed by atoms with Crippen molar-refractivity contribution in [1.29, 1.82) is 0 Å². The third kappa shape index (κ3) is 2.56. The zero-order valence-corrected chi connectivity index (χ0v) is 11.2. The molecule has 1 aromatic carbocycles. The van der Waals surface area contributed by atoms with Crippen molar-refractivity contribution in [2.45, 2.75) is 12.3 Å². The highest BCUT2D eigenvalue weighted by Crippen LogP contribution is 2.26. The molecule has 0 radical (unpaired) electrons. The van der Waals surface area contributed by atoms with E-state index in [0.29, 0.717) is 11.9 Å². The topological polar surface area (TPSA) is 51.4 Å². The van der Waals surface area contributed by atoms with Crippen LogP contribution in [0, 0.1) is 0 Å². The molecule has 0 aliphatic rings. The lowest BCUT2D eigenvalue weighted by atomic mass is 10.3. The van der Waals surface area contributed by atoms with Crippen molar-refractivity contribution in [3.63, 3.8) is 0 Å². The molecule has 0 saturated carbocycles. The van der Waals surface area contributed by atoms with Crippen LogP contribution in [0.15, 0.2) is 28.7 Å². The molecule has 0 aliphatic carbocycles. The Kier molecular flexibility index (Phi) is 3.72. The molecule has 1 heterocycles. The van der Waals surface area contributed by atoms with Gasteiger partial charge in [-0.3, -0.25) is 4.90 Å². The Hall–Kier alpha value is -1.75. The first-order valence-corrected chi connectivity index (χ1v) is 5.90. The molecular formula is C12H14ClN3O2. The van der Waals surface area contributed by atoms with Crippen molar-refractivity contribution in [3.8, 4) is 5.75 Å². The van der Waals surface area contributed by atoms with Crippen molar-refractivity contribution < 1.29 is 9.15 Å². The molecule has 0 saturated heterocycles. The van der Waals surface area contributed by atoms with Crippen LogP contribution in [-0.4, -0.2) is 24.4 Å². The Bertz CT molecular complexity index is 510. The maximum Gasteiger partial charge on any atom is 0.322 e. The van der Waals surface area contributed by atoms with Crippen molar-refractivity contribution in [3.05, 3.63) is 30.2 Å². The van der Waals surface area contributed by atoms with E-state index in [0.717, 1.165) is 11.4 Å². The Morgan fingerprint density at radius 3 is 2.44 bits per heavy atom. The third-order valence-corrected chi connectivity index (χ3v) is 2.70. The minimum absolute atomic E-state index is 0.296. The summed E-state index contributed by atoms with van der Waals surface area (Å²) in [7, 11) is 3.48. The second-order valence-corrected chi connectivity index (χ2v) is 4.45. The molecule has 18 heavy (non-hydrogen) atoms. The standard InChI is InChI=1S/C12H14ClN3O2/c1-8(13)11-14-15-12(18-11)16(2)9-4-6-10(17-3)7-5-9/h4-8H,1-3H3. The molecule has 1 aromatic heterocycles. The number of alkyl halides is 1. The van der Waals surface area contributed by atoms with Crippen molar-refractivity contribution in [2.24, 2.45) is 0 Å². The van der Waals surface area contributed by atoms with Gasteiger partial charge in [-0.05, 0) is 31.2 Å². The van der Waals surface area contributed by atoms with Gasteiger partial charge in [-0.15, -0.1) is 16.7 Å². The van der Waals surface area contributed by atoms with Crippen molar-refractivity contribution >= 4 is 23.3 Å². The summed E-state index contributed by atoms with van der Waals surface area (Å²) in [4.78, 5) is 1.79. The van der Waals surface area contributed by atoms with E-state index >= 15 is 0 Å². The Balaban J connectivity index is 2.20. The van der Waals surface area contributed by atoms with Gasteiger partial charge in [-0.1, -0.05) is 5.10 Å². The molecule has 0 fully saturated rings. The average Bonchev–Trinajstić information content (AvgIpc) is 2.88. The second-order valence-electron chi connectivity index (χ2n) is 3.80. The van der Waals surface area contributed by atoms with E-state index in [9.17, 15) is 0 Å². The summed E-state index contributed by atoms with van der Waals surface area (Å²) in [6.45, 7) is 1.78. The number of aromatic nitrogens is 2. The van der Waals surface area contributed by atoms with Gasteiger partial charge in [0.15, 0.2) is 0 Å². The number of hydrogen-bond donors (Lipinski definition) is 0. The number of anilines is 2. The number of methoxy groups -OCH3 is 1.